The number of aromatic nitrogens is 5. The second kappa shape index (κ2) is 19.1. The Morgan fingerprint density at radius 2 is 1.35 bits per heavy atom. The van der Waals surface area contributed by atoms with Crippen LogP contribution in [-0.2, 0) is 19.1 Å². The van der Waals surface area contributed by atoms with Gasteiger partial charge in [-0.3, -0.25) is 9.59 Å². The number of halogens is 1. The molecule has 1 unspecified atom stereocenters. The Balaban J connectivity index is 0.987. The standard InChI is InChI=1S/C53H60FN9O8/c1-27(2)45(59-52(66)68-6)49(64)61-17-8-10-39(61)47-55-25-36(57-47)30-13-15-38-33(20-30)22-41-44-35(54)21-32(24-43(44)71-51(63(38)41)31-12-14-34-29(5)16-19-70-42(34)23-31)37-26-56-48(58-37)40-11-9-18-62(40)50(65)46(28(3)4)60-53(67)69-7/h12-15,20-29,39-40,45-46,51H,8-11,16-19H2,1-7H3,(H,55,57)(H,56,58)(H,59,66)(H,60,67)/t29-,39-,40-,45-,46-,51?/m0/s1. The fourth-order valence-electron chi connectivity index (χ4n) is 10.7. The molecule has 6 atom stereocenters. The van der Waals surface area contributed by atoms with Gasteiger partial charge in [-0.1, -0.05) is 52.8 Å². The number of likely N-dealkylation sites (tertiary alicyclic amines) is 2. The third-order valence-electron chi connectivity index (χ3n) is 14.6. The predicted octanol–water partition coefficient (Wildman–Crippen LogP) is 9.14. The zero-order chi connectivity index (χ0) is 49.8. The molecule has 3 aromatic heterocycles. The third-order valence-corrected chi connectivity index (χ3v) is 14.6. The van der Waals surface area contributed by atoms with Crippen molar-refractivity contribution >= 4 is 34.9 Å². The number of amides is 4. The highest BCUT2D eigenvalue weighted by Crippen LogP contribution is 2.48. The smallest absolute Gasteiger partial charge is 0.407 e. The van der Waals surface area contributed by atoms with Crippen molar-refractivity contribution in [3.63, 3.8) is 0 Å². The van der Waals surface area contributed by atoms with Crippen molar-refractivity contribution < 1.29 is 42.5 Å². The molecule has 0 radical (unpaired) electrons. The number of H-pyrrole nitrogens is 2. The van der Waals surface area contributed by atoms with E-state index in [9.17, 15) is 19.2 Å². The number of hydrogen-bond acceptors (Lipinski definition) is 10. The van der Waals surface area contributed by atoms with Crippen LogP contribution in [0.2, 0.25) is 0 Å². The number of benzene rings is 3. The van der Waals surface area contributed by atoms with E-state index >= 15 is 4.39 Å². The molecule has 6 aromatic rings. The number of alkyl carbamates (subject to hydrolysis) is 2. The van der Waals surface area contributed by atoms with Crippen molar-refractivity contribution in [2.45, 2.75) is 103 Å². The van der Waals surface area contributed by atoms with Gasteiger partial charge in [-0.05, 0) is 91.8 Å². The fraction of sp³-hybridized carbons (Fsp3) is 0.434. The summed E-state index contributed by atoms with van der Waals surface area (Å²) < 4.78 is 41.8. The first-order chi connectivity index (χ1) is 34.2. The number of carbonyl (C=O) groups excluding carboxylic acids is 4. The lowest BCUT2D eigenvalue weighted by atomic mass is 9.93. The second-order valence-electron chi connectivity index (χ2n) is 19.8. The number of carbonyl (C=O) groups is 4. The number of aromatic amines is 2. The van der Waals surface area contributed by atoms with Crippen LogP contribution >= 0.6 is 0 Å². The zero-order valence-corrected chi connectivity index (χ0v) is 41.0. The van der Waals surface area contributed by atoms with Gasteiger partial charge in [0, 0.05) is 35.2 Å². The summed E-state index contributed by atoms with van der Waals surface area (Å²) in [7, 11) is 2.54. The van der Waals surface area contributed by atoms with Crippen LogP contribution in [0.5, 0.6) is 11.5 Å². The topological polar surface area (TPSA) is 198 Å². The monoisotopic (exact) mass is 969 g/mol. The van der Waals surface area contributed by atoms with Crippen LogP contribution < -0.4 is 20.1 Å². The predicted molar refractivity (Wildman–Crippen MR) is 262 cm³/mol. The summed E-state index contributed by atoms with van der Waals surface area (Å²) in [5.41, 5.74) is 6.43. The number of methoxy groups -OCH3 is 2. The Labute approximate surface area is 410 Å². The Kier molecular flexibility index (Phi) is 12.7. The Morgan fingerprint density at radius 1 is 0.746 bits per heavy atom. The van der Waals surface area contributed by atoms with E-state index in [-0.39, 0.29) is 35.7 Å². The first kappa shape index (κ1) is 47.3. The molecule has 0 aliphatic carbocycles. The van der Waals surface area contributed by atoms with E-state index in [1.807, 2.05) is 68.7 Å². The minimum absolute atomic E-state index is 0.159. The van der Waals surface area contributed by atoms with Crippen molar-refractivity contribution in [3.05, 3.63) is 95.6 Å². The highest BCUT2D eigenvalue weighted by Gasteiger charge is 2.40. The Bertz CT molecular complexity index is 3030. The SMILES string of the molecule is COC(=O)N[C@H](C(=O)N1CCC[C@H]1c1ncc(-c2cc(F)c3c(c2)OC(c2ccc4c(c2)OCC[C@@H]4C)n2c-3cc3cc(-c4cnc([C@@H]5CCCN5C(=O)[C@@H](NC(=O)OC)C(C)C)[nH]4)ccc32)[nH]1)C(C)C. The number of rotatable bonds is 11. The number of nitrogens with one attached hydrogen (secondary N) is 4. The molecular formula is C53H60FN9O8. The first-order valence-electron chi connectivity index (χ1n) is 24.6. The molecule has 4 N–H and O–H groups in total. The average Bonchev–Trinajstić information content (AvgIpc) is 4.23. The largest absolute Gasteiger partial charge is 0.493 e. The molecule has 10 rings (SSSR count). The van der Waals surface area contributed by atoms with Gasteiger partial charge in [0.1, 0.15) is 41.0 Å². The molecular weight excluding hydrogens is 910 g/mol. The number of fused-ring (bicyclic) bond motifs is 6. The van der Waals surface area contributed by atoms with Crippen molar-refractivity contribution in [2.75, 3.05) is 33.9 Å². The van der Waals surface area contributed by atoms with Crippen LogP contribution in [0.1, 0.15) is 114 Å². The summed E-state index contributed by atoms with van der Waals surface area (Å²) in [4.78, 5) is 71.9. The van der Waals surface area contributed by atoms with E-state index in [1.54, 1.807) is 22.2 Å². The van der Waals surface area contributed by atoms with Gasteiger partial charge >= 0.3 is 12.2 Å². The molecule has 372 valence electrons. The lowest BCUT2D eigenvalue weighted by Crippen LogP contribution is -2.51. The van der Waals surface area contributed by atoms with Crippen molar-refractivity contribution in [2.24, 2.45) is 11.8 Å². The van der Waals surface area contributed by atoms with E-state index in [2.05, 4.69) is 39.7 Å². The van der Waals surface area contributed by atoms with Gasteiger partial charge in [0.05, 0.1) is 73.5 Å². The fourth-order valence-corrected chi connectivity index (χ4v) is 10.7. The minimum Gasteiger partial charge on any atom is -0.493 e. The number of hydrogen-bond donors (Lipinski definition) is 4. The maximum absolute atomic E-state index is 17.0. The van der Waals surface area contributed by atoms with Gasteiger partial charge in [-0.2, -0.15) is 0 Å². The summed E-state index contributed by atoms with van der Waals surface area (Å²) in [6.45, 7) is 11.3. The molecule has 0 spiro atoms. The minimum atomic E-state index is -0.780. The quantitative estimate of drug-likeness (QED) is 0.0972. The van der Waals surface area contributed by atoms with E-state index < -0.39 is 36.3 Å². The maximum atomic E-state index is 17.0. The van der Waals surface area contributed by atoms with E-state index in [1.165, 1.54) is 20.3 Å². The van der Waals surface area contributed by atoms with Gasteiger partial charge in [0.2, 0.25) is 18.0 Å². The summed E-state index contributed by atoms with van der Waals surface area (Å²) in [5, 5.41) is 6.25. The molecule has 3 aromatic carbocycles. The van der Waals surface area contributed by atoms with E-state index in [4.69, 9.17) is 28.9 Å². The van der Waals surface area contributed by atoms with Crippen LogP contribution in [0.15, 0.2) is 67.0 Å². The van der Waals surface area contributed by atoms with Crippen LogP contribution in [0, 0.1) is 17.7 Å². The normalized spacial score (nSPS) is 20.2. The Morgan fingerprint density at radius 3 is 1.94 bits per heavy atom. The molecule has 18 heteroatoms. The number of imidazole rings is 2. The molecule has 0 bridgehead atoms. The second-order valence-corrected chi connectivity index (χ2v) is 19.8. The molecule has 4 aliphatic heterocycles. The molecule has 0 saturated carbocycles. The van der Waals surface area contributed by atoms with Crippen LogP contribution in [0.4, 0.5) is 14.0 Å². The molecule has 71 heavy (non-hydrogen) atoms. The summed E-state index contributed by atoms with van der Waals surface area (Å²) >= 11 is 0. The van der Waals surface area contributed by atoms with Crippen LogP contribution in [-0.4, -0.2) is 104 Å². The summed E-state index contributed by atoms with van der Waals surface area (Å²) in [6, 6.07) is 15.3. The molecule has 4 amide bonds. The maximum Gasteiger partial charge on any atom is 0.407 e. The average molecular weight is 970 g/mol. The highest BCUT2D eigenvalue weighted by atomic mass is 19.1. The summed E-state index contributed by atoms with van der Waals surface area (Å²) in [5.74, 6) is 1.47. The molecule has 2 fully saturated rings. The van der Waals surface area contributed by atoms with Gasteiger partial charge in [-0.25, -0.2) is 23.9 Å². The lowest BCUT2D eigenvalue weighted by Gasteiger charge is -2.32. The van der Waals surface area contributed by atoms with Gasteiger partial charge < -0.3 is 53.9 Å². The van der Waals surface area contributed by atoms with Gasteiger partial charge in [-0.15, -0.1) is 0 Å². The third kappa shape index (κ3) is 8.70. The van der Waals surface area contributed by atoms with Crippen molar-refractivity contribution in [1.29, 1.82) is 0 Å². The van der Waals surface area contributed by atoms with Crippen molar-refractivity contribution in [3.8, 4) is 45.3 Å². The molecule has 4 aliphatic rings. The molecule has 17 nitrogen and oxygen atoms in total. The van der Waals surface area contributed by atoms with Crippen LogP contribution in [0.3, 0.4) is 0 Å². The molecule has 2 saturated heterocycles. The highest BCUT2D eigenvalue weighted by molar-refractivity contribution is 5.93. The lowest BCUT2D eigenvalue weighted by molar-refractivity contribution is -0.136. The van der Waals surface area contributed by atoms with Gasteiger partial charge in [0.15, 0.2) is 0 Å². The number of nitrogens with zero attached hydrogens (tertiary/aromatic N) is 5. The van der Waals surface area contributed by atoms with Gasteiger partial charge in [0.25, 0.3) is 0 Å². The van der Waals surface area contributed by atoms with Crippen molar-refractivity contribution in [1.82, 2.24) is 44.9 Å². The summed E-state index contributed by atoms with van der Waals surface area (Å²) in [6.07, 6.45) is 5.24. The van der Waals surface area contributed by atoms with E-state index in [0.29, 0.717) is 78.4 Å². The molecule has 7 heterocycles. The van der Waals surface area contributed by atoms with Crippen LogP contribution in [0.25, 0.3) is 44.7 Å². The zero-order valence-electron chi connectivity index (χ0n) is 41.0. The Hall–Kier alpha value is -7.37. The number of ether oxygens (including phenoxy) is 4. The first-order valence-corrected chi connectivity index (χ1v) is 24.6. The van der Waals surface area contributed by atoms with E-state index in [0.717, 1.165) is 58.3 Å².